The van der Waals surface area contributed by atoms with Crippen molar-refractivity contribution in [1.82, 2.24) is 4.98 Å². The first-order chi connectivity index (χ1) is 7.92. The van der Waals surface area contributed by atoms with Crippen molar-refractivity contribution in [1.29, 1.82) is 0 Å². The lowest BCUT2D eigenvalue weighted by atomic mass is 9.87. The molecule has 1 aromatic heterocycles. The SMILES string of the molecule is Cc1c(CC(C)(C)C(=O)O)[15nH]c2ccccc12. The molecule has 0 radical (unpaired) electrons. The Morgan fingerprint density at radius 2 is 2.00 bits per heavy atom. The van der Waals surface area contributed by atoms with E-state index in [9.17, 15) is 4.79 Å². The van der Waals surface area contributed by atoms with E-state index in [-0.39, 0.29) is 0 Å². The maximum atomic E-state index is 11.1. The Morgan fingerprint density at radius 3 is 2.59 bits per heavy atom. The molecule has 0 saturated carbocycles. The molecule has 2 aromatic rings. The summed E-state index contributed by atoms with van der Waals surface area (Å²) in [7, 11) is 0. The minimum absolute atomic E-state index is 0.517. The molecule has 0 spiro atoms. The van der Waals surface area contributed by atoms with E-state index in [0.717, 1.165) is 16.8 Å². The second-order valence-electron chi connectivity index (χ2n) is 5.14. The summed E-state index contributed by atoms with van der Waals surface area (Å²) in [5.41, 5.74) is 2.49. The van der Waals surface area contributed by atoms with E-state index in [0.29, 0.717) is 6.42 Å². The van der Waals surface area contributed by atoms with Crippen molar-refractivity contribution in [2.24, 2.45) is 5.41 Å². The number of nitrogens with one attached hydrogen (secondary N) is 1. The Hall–Kier alpha value is -1.77. The summed E-state index contributed by atoms with van der Waals surface area (Å²) in [4.78, 5) is 14.4. The standard InChI is InChI=1S/C14H17NO2/c1-9-10-6-4-5-7-11(10)15-12(9)8-14(2,3)13(16)17/h4-7,15H,8H2,1-3H3,(H,16,17)/i15+1. The second kappa shape index (κ2) is 3.91. The summed E-state index contributed by atoms with van der Waals surface area (Å²) >= 11 is 0. The van der Waals surface area contributed by atoms with Gasteiger partial charge >= 0.3 is 5.97 Å². The van der Waals surface area contributed by atoms with Crippen LogP contribution in [0.25, 0.3) is 10.9 Å². The number of aromatic nitrogens is 1. The number of carbonyl (C=O) groups is 1. The highest BCUT2D eigenvalue weighted by Gasteiger charge is 2.28. The fraction of sp³-hybridized carbons (Fsp3) is 0.357. The molecule has 17 heavy (non-hydrogen) atoms. The van der Waals surface area contributed by atoms with Gasteiger partial charge < -0.3 is 10.1 Å². The Balaban J connectivity index is 2.43. The fourth-order valence-corrected chi connectivity index (χ4v) is 2.03. The second-order valence-corrected chi connectivity index (χ2v) is 5.14. The lowest BCUT2D eigenvalue weighted by molar-refractivity contribution is -0.146. The van der Waals surface area contributed by atoms with E-state index < -0.39 is 11.4 Å². The van der Waals surface area contributed by atoms with Crippen molar-refractivity contribution >= 4 is 16.9 Å². The number of para-hydroxylation sites is 1. The third-order valence-electron chi connectivity index (χ3n) is 3.27. The summed E-state index contributed by atoms with van der Waals surface area (Å²) in [6.07, 6.45) is 0.517. The number of aromatic amines is 1. The number of carboxylic acids is 1. The highest BCUT2D eigenvalue weighted by molar-refractivity contribution is 5.84. The van der Waals surface area contributed by atoms with Crippen LogP contribution in [0.15, 0.2) is 24.3 Å². The molecule has 0 aliphatic carbocycles. The Bertz CT molecular complexity index is 567. The van der Waals surface area contributed by atoms with E-state index in [2.05, 4.69) is 11.1 Å². The topological polar surface area (TPSA) is 53.1 Å². The smallest absolute Gasteiger partial charge is 0.309 e. The Labute approximate surface area is 100 Å². The molecule has 1 aromatic carbocycles. The highest BCUT2D eigenvalue weighted by Crippen LogP contribution is 2.28. The lowest BCUT2D eigenvalue weighted by Gasteiger charge is -2.18. The van der Waals surface area contributed by atoms with Crippen molar-refractivity contribution in [3.05, 3.63) is 35.5 Å². The largest absolute Gasteiger partial charge is 0.481 e. The maximum Gasteiger partial charge on any atom is 0.309 e. The van der Waals surface area contributed by atoms with Crippen LogP contribution < -0.4 is 0 Å². The monoisotopic (exact) mass is 232 g/mol. The van der Waals surface area contributed by atoms with Gasteiger partial charge in [0.2, 0.25) is 0 Å². The van der Waals surface area contributed by atoms with Crippen molar-refractivity contribution < 1.29 is 9.90 Å². The van der Waals surface area contributed by atoms with E-state index in [1.807, 2.05) is 25.1 Å². The average molecular weight is 232 g/mol. The van der Waals surface area contributed by atoms with Crippen LogP contribution in [0.3, 0.4) is 0 Å². The van der Waals surface area contributed by atoms with Crippen molar-refractivity contribution in [3.8, 4) is 0 Å². The zero-order chi connectivity index (χ0) is 12.6. The molecule has 3 nitrogen and oxygen atoms in total. The van der Waals surface area contributed by atoms with Gasteiger partial charge in [-0.25, -0.2) is 0 Å². The van der Waals surface area contributed by atoms with Crippen molar-refractivity contribution in [2.45, 2.75) is 27.2 Å². The average Bonchev–Trinajstić information content (AvgIpc) is 2.56. The molecule has 2 rings (SSSR count). The first-order valence-corrected chi connectivity index (χ1v) is 5.71. The molecule has 0 fully saturated rings. The number of hydrogen-bond donors (Lipinski definition) is 2. The summed E-state index contributed by atoms with van der Waals surface area (Å²) in [5.74, 6) is -0.768. The number of carboxylic acid groups (broad SMARTS) is 1. The molecule has 2 N–H and O–H groups in total. The first kappa shape index (κ1) is 11.7. The number of benzene rings is 1. The van der Waals surface area contributed by atoms with Crippen LogP contribution >= 0.6 is 0 Å². The Morgan fingerprint density at radius 1 is 1.35 bits per heavy atom. The highest BCUT2D eigenvalue weighted by atomic mass is 16.4. The predicted octanol–water partition coefficient (Wildman–Crippen LogP) is 3.13. The zero-order valence-corrected chi connectivity index (χ0v) is 10.4. The van der Waals surface area contributed by atoms with E-state index in [1.165, 1.54) is 5.39 Å². The summed E-state index contributed by atoms with van der Waals surface area (Å²) in [6, 6.07) is 8.04. The quantitative estimate of drug-likeness (QED) is 0.854. The number of hydrogen-bond acceptors (Lipinski definition) is 1. The number of aliphatic carboxylic acids is 1. The lowest BCUT2D eigenvalue weighted by Crippen LogP contribution is -2.26. The van der Waals surface area contributed by atoms with Gasteiger partial charge in [0.05, 0.1) is 5.41 Å². The van der Waals surface area contributed by atoms with E-state index in [4.69, 9.17) is 5.11 Å². The molecule has 0 atom stereocenters. The van der Waals surface area contributed by atoms with Crippen LogP contribution in [0, 0.1) is 12.3 Å². The van der Waals surface area contributed by atoms with Crippen molar-refractivity contribution in [3.63, 3.8) is 0 Å². The molecule has 0 aliphatic rings. The fourth-order valence-electron chi connectivity index (χ4n) is 2.03. The van der Waals surface area contributed by atoms with Crippen LogP contribution in [0.4, 0.5) is 0 Å². The van der Waals surface area contributed by atoms with E-state index in [1.54, 1.807) is 13.8 Å². The van der Waals surface area contributed by atoms with Gasteiger partial charge in [0.25, 0.3) is 0 Å². The zero-order valence-electron chi connectivity index (χ0n) is 10.4. The molecule has 0 amide bonds. The third-order valence-corrected chi connectivity index (χ3v) is 3.27. The number of fused-ring (bicyclic) bond motifs is 1. The summed E-state index contributed by atoms with van der Waals surface area (Å²) in [5, 5.41) is 10.3. The first-order valence-electron chi connectivity index (χ1n) is 5.71. The van der Waals surface area contributed by atoms with Gasteiger partial charge in [0.15, 0.2) is 0 Å². The molecule has 0 unspecified atom stereocenters. The summed E-state index contributed by atoms with van der Waals surface area (Å²) in [6.45, 7) is 5.53. The predicted molar refractivity (Wildman–Crippen MR) is 68.2 cm³/mol. The molecule has 0 saturated heterocycles. The minimum Gasteiger partial charge on any atom is -0.481 e. The molecule has 90 valence electrons. The molecule has 0 bridgehead atoms. The molecular formula is C14H17NO2. The van der Waals surface area contributed by atoms with Crippen LogP contribution in [-0.4, -0.2) is 16.1 Å². The van der Waals surface area contributed by atoms with Gasteiger partial charge in [-0.15, -0.1) is 0 Å². The summed E-state index contributed by atoms with van der Waals surface area (Å²) < 4.78 is 0. The van der Waals surface area contributed by atoms with Crippen LogP contribution in [0.5, 0.6) is 0 Å². The van der Waals surface area contributed by atoms with Gasteiger partial charge in [-0.1, -0.05) is 18.2 Å². The molecular weight excluding hydrogens is 215 g/mol. The number of rotatable bonds is 3. The van der Waals surface area contributed by atoms with Gasteiger partial charge in [-0.2, -0.15) is 0 Å². The molecule has 0 aliphatic heterocycles. The van der Waals surface area contributed by atoms with Crippen LogP contribution in [-0.2, 0) is 11.2 Å². The van der Waals surface area contributed by atoms with Gasteiger partial charge in [-0.05, 0) is 32.4 Å². The van der Waals surface area contributed by atoms with Crippen molar-refractivity contribution in [2.75, 3.05) is 0 Å². The maximum absolute atomic E-state index is 11.1. The van der Waals surface area contributed by atoms with E-state index >= 15 is 0 Å². The van der Waals surface area contributed by atoms with Crippen LogP contribution in [0.2, 0.25) is 0 Å². The minimum atomic E-state index is -0.768. The number of H-pyrrole nitrogens is 1. The number of aryl methyl sites for hydroxylation is 1. The molecule has 1 heterocycles. The van der Waals surface area contributed by atoms with Gasteiger partial charge in [0, 0.05) is 23.0 Å². The van der Waals surface area contributed by atoms with Gasteiger partial charge in [0.1, 0.15) is 0 Å². The van der Waals surface area contributed by atoms with Crippen LogP contribution in [0.1, 0.15) is 25.1 Å². The molecule has 3 heteroatoms. The normalized spacial score (nSPS) is 11.9. The third kappa shape index (κ3) is 2.05. The van der Waals surface area contributed by atoms with Gasteiger partial charge in [-0.3, -0.25) is 4.79 Å². The Kier molecular flexibility index (Phi) is 2.69.